The van der Waals surface area contributed by atoms with Crippen molar-refractivity contribution in [1.29, 1.82) is 0 Å². The van der Waals surface area contributed by atoms with E-state index in [1.54, 1.807) is 18.2 Å². The van der Waals surface area contributed by atoms with E-state index in [4.69, 9.17) is 4.74 Å². The lowest BCUT2D eigenvalue weighted by molar-refractivity contribution is -0.122. The van der Waals surface area contributed by atoms with Crippen LogP contribution in [0.25, 0.3) is 6.08 Å². The van der Waals surface area contributed by atoms with Crippen LogP contribution in [0.5, 0.6) is 11.5 Å². The lowest BCUT2D eigenvalue weighted by atomic mass is 10.1. The van der Waals surface area contributed by atoms with Crippen molar-refractivity contribution in [2.75, 3.05) is 12.0 Å². The second-order valence-corrected chi connectivity index (χ2v) is 5.91. The molecule has 138 valence electrons. The highest BCUT2D eigenvalue weighted by atomic mass is 16.5. The predicted octanol–water partition coefficient (Wildman–Crippen LogP) is 2.63. The van der Waals surface area contributed by atoms with Gasteiger partial charge in [0, 0.05) is 0 Å². The second kappa shape index (κ2) is 7.33. The number of aryl methyl sites for hydroxylation is 1. The minimum atomic E-state index is -0.802. The number of carbonyl (C=O) groups excluding carboxylic acids is 3. The number of urea groups is 1. The second-order valence-electron chi connectivity index (χ2n) is 5.91. The van der Waals surface area contributed by atoms with Crippen LogP contribution in [0, 0.1) is 0 Å². The molecule has 1 saturated heterocycles. The molecule has 0 atom stereocenters. The zero-order valence-electron chi connectivity index (χ0n) is 14.9. The zero-order valence-corrected chi connectivity index (χ0v) is 14.9. The number of benzene rings is 2. The van der Waals surface area contributed by atoms with Crippen molar-refractivity contribution in [1.82, 2.24) is 5.32 Å². The Bertz CT molecular complexity index is 947. The van der Waals surface area contributed by atoms with Gasteiger partial charge >= 0.3 is 6.03 Å². The number of hydrogen-bond acceptors (Lipinski definition) is 5. The number of methoxy groups -OCH3 is 1. The quantitative estimate of drug-likeness (QED) is 0.641. The van der Waals surface area contributed by atoms with Crippen LogP contribution in [0.2, 0.25) is 0 Å². The standard InChI is InChI=1S/C20H18N2O5/c1-3-12-4-7-14(8-5-12)22-19(25)15(18(24)21-20(22)26)10-13-6-9-17(27-2)16(23)11-13/h4-11,23H,3H2,1-2H3,(H,21,24,26)/b15-10-. The first-order chi connectivity index (χ1) is 12.9. The van der Waals surface area contributed by atoms with Gasteiger partial charge in [-0.25, -0.2) is 9.69 Å². The molecule has 0 bridgehead atoms. The van der Waals surface area contributed by atoms with Gasteiger partial charge in [0.05, 0.1) is 12.8 Å². The molecule has 1 fully saturated rings. The molecule has 7 heteroatoms. The van der Waals surface area contributed by atoms with Crippen LogP contribution in [0.4, 0.5) is 10.5 Å². The summed E-state index contributed by atoms with van der Waals surface area (Å²) in [6.45, 7) is 2.00. The van der Waals surface area contributed by atoms with Crippen molar-refractivity contribution in [3.8, 4) is 11.5 Å². The summed E-state index contributed by atoms with van der Waals surface area (Å²) < 4.78 is 4.97. The smallest absolute Gasteiger partial charge is 0.335 e. The Morgan fingerprint density at radius 2 is 1.81 bits per heavy atom. The molecule has 2 N–H and O–H groups in total. The highest BCUT2D eigenvalue weighted by molar-refractivity contribution is 6.39. The predicted molar refractivity (Wildman–Crippen MR) is 99.5 cm³/mol. The molecular weight excluding hydrogens is 348 g/mol. The van der Waals surface area contributed by atoms with E-state index in [1.807, 2.05) is 19.1 Å². The first-order valence-electron chi connectivity index (χ1n) is 8.32. The molecule has 27 heavy (non-hydrogen) atoms. The number of imide groups is 2. The van der Waals surface area contributed by atoms with E-state index in [9.17, 15) is 19.5 Å². The van der Waals surface area contributed by atoms with Crippen LogP contribution in [-0.4, -0.2) is 30.1 Å². The lowest BCUT2D eigenvalue weighted by Gasteiger charge is -2.26. The highest BCUT2D eigenvalue weighted by Gasteiger charge is 2.36. The Labute approximate surface area is 155 Å². The van der Waals surface area contributed by atoms with E-state index >= 15 is 0 Å². The van der Waals surface area contributed by atoms with E-state index in [1.165, 1.54) is 25.3 Å². The number of hydrogen-bond donors (Lipinski definition) is 2. The number of anilines is 1. The molecule has 0 aromatic heterocycles. The molecule has 0 radical (unpaired) electrons. The van der Waals surface area contributed by atoms with Gasteiger partial charge in [0.1, 0.15) is 5.57 Å². The Hall–Kier alpha value is -3.61. The third-order valence-electron chi connectivity index (χ3n) is 4.22. The Morgan fingerprint density at radius 3 is 2.41 bits per heavy atom. The number of ether oxygens (including phenoxy) is 1. The fraction of sp³-hybridized carbons (Fsp3) is 0.150. The third-order valence-corrected chi connectivity index (χ3v) is 4.22. The van der Waals surface area contributed by atoms with Gasteiger partial charge in [0.15, 0.2) is 11.5 Å². The number of amides is 4. The number of phenolic OH excluding ortho intramolecular Hbond substituents is 1. The summed E-state index contributed by atoms with van der Waals surface area (Å²) in [7, 11) is 1.42. The van der Waals surface area contributed by atoms with E-state index < -0.39 is 17.8 Å². The Morgan fingerprint density at radius 1 is 1.11 bits per heavy atom. The normalized spacial score (nSPS) is 15.9. The van der Waals surface area contributed by atoms with Gasteiger partial charge in [-0.05, 0) is 47.9 Å². The van der Waals surface area contributed by atoms with Crippen LogP contribution >= 0.6 is 0 Å². The van der Waals surface area contributed by atoms with Crippen molar-refractivity contribution in [2.45, 2.75) is 13.3 Å². The number of phenols is 1. The molecule has 0 saturated carbocycles. The average Bonchev–Trinajstić information content (AvgIpc) is 2.65. The third kappa shape index (κ3) is 3.52. The monoisotopic (exact) mass is 366 g/mol. The van der Waals surface area contributed by atoms with Gasteiger partial charge in [-0.1, -0.05) is 25.1 Å². The van der Waals surface area contributed by atoms with Crippen molar-refractivity contribution >= 4 is 29.6 Å². The maximum absolute atomic E-state index is 12.8. The topological polar surface area (TPSA) is 95.9 Å². The van der Waals surface area contributed by atoms with Gasteiger partial charge in [0.25, 0.3) is 11.8 Å². The number of rotatable bonds is 4. The average molecular weight is 366 g/mol. The largest absolute Gasteiger partial charge is 0.504 e. The summed E-state index contributed by atoms with van der Waals surface area (Å²) >= 11 is 0. The lowest BCUT2D eigenvalue weighted by Crippen LogP contribution is -2.54. The van der Waals surface area contributed by atoms with Gasteiger partial charge < -0.3 is 9.84 Å². The minimum absolute atomic E-state index is 0.126. The van der Waals surface area contributed by atoms with Gasteiger partial charge in [-0.3, -0.25) is 14.9 Å². The SMILES string of the molecule is CCc1ccc(N2C(=O)NC(=O)/C(=C/c3ccc(OC)c(O)c3)C2=O)cc1. The molecule has 2 aromatic carbocycles. The fourth-order valence-electron chi connectivity index (χ4n) is 2.74. The van der Waals surface area contributed by atoms with Gasteiger partial charge in [0.2, 0.25) is 0 Å². The Balaban J connectivity index is 1.97. The first-order valence-corrected chi connectivity index (χ1v) is 8.32. The molecule has 7 nitrogen and oxygen atoms in total. The number of nitrogens with one attached hydrogen (secondary N) is 1. The van der Waals surface area contributed by atoms with Crippen LogP contribution in [-0.2, 0) is 16.0 Å². The van der Waals surface area contributed by atoms with Gasteiger partial charge in [-0.2, -0.15) is 0 Å². The van der Waals surface area contributed by atoms with Crippen LogP contribution in [0.1, 0.15) is 18.1 Å². The van der Waals surface area contributed by atoms with E-state index in [0.29, 0.717) is 11.3 Å². The summed E-state index contributed by atoms with van der Waals surface area (Å²) in [4.78, 5) is 38.1. The molecule has 4 amide bonds. The first kappa shape index (κ1) is 18.2. The van der Waals surface area contributed by atoms with Crippen molar-refractivity contribution in [3.05, 3.63) is 59.2 Å². The molecule has 0 spiro atoms. The molecule has 0 aliphatic carbocycles. The van der Waals surface area contributed by atoms with Crippen molar-refractivity contribution in [2.24, 2.45) is 0 Å². The summed E-state index contributed by atoms with van der Waals surface area (Å²) in [5.41, 5.74) is 1.64. The summed E-state index contributed by atoms with van der Waals surface area (Å²) in [5, 5.41) is 12.0. The summed E-state index contributed by atoms with van der Waals surface area (Å²) in [5.74, 6) is -1.38. The van der Waals surface area contributed by atoms with Gasteiger partial charge in [-0.15, -0.1) is 0 Å². The number of barbiturate groups is 1. The zero-order chi connectivity index (χ0) is 19.6. The molecule has 0 unspecified atom stereocenters. The number of carbonyl (C=O) groups is 3. The maximum Gasteiger partial charge on any atom is 0.335 e. The summed E-state index contributed by atoms with van der Waals surface area (Å²) in [6, 6.07) is 10.6. The molecule has 1 heterocycles. The summed E-state index contributed by atoms with van der Waals surface area (Å²) in [6.07, 6.45) is 2.14. The van der Waals surface area contributed by atoms with Crippen LogP contribution in [0.15, 0.2) is 48.0 Å². The molecule has 1 aliphatic rings. The van der Waals surface area contributed by atoms with Crippen LogP contribution in [0.3, 0.4) is 0 Å². The van der Waals surface area contributed by atoms with E-state index in [0.717, 1.165) is 16.9 Å². The Kier molecular flexibility index (Phi) is 4.94. The number of nitrogens with zero attached hydrogens (tertiary/aromatic N) is 1. The van der Waals surface area contributed by atoms with Crippen molar-refractivity contribution in [3.63, 3.8) is 0 Å². The molecular formula is C20H18N2O5. The van der Waals surface area contributed by atoms with Crippen LogP contribution < -0.4 is 15.0 Å². The molecule has 3 rings (SSSR count). The number of aromatic hydroxyl groups is 1. The fourth-order valence-corrected chi connectivity index (χ4v) is 2.74. The van der Waals surface area contributed by atoms with E-state index in [-0.39, 0.29) is 17.1 Å². The molecule has 2 aromatic rings. The molecule has 1 aliphatic heterocycles. The van der Waals surface area contributed by atoms with Crippen molar-refractivity contribution < 1.29 is 24.2 Å². The maximum atomic E-state index is 12.8. The minimum Gasteiger partial charge on any atom is -0.504 e. The van der Waals surface area contributed by atoms with E-state index in [2.05, 4.69) is 5.32 Å². The highest BCUT2D eigenvalue weighted by Crippen LogP contribution is 2.28.